The molecular weight excluding hydrogens is 230 g/mol. The number of nitrogens with zero attached hydrogens (tertiary/aromatic N) is 4. The van der Waals surface area contributed by atoms with Crippen LogP contribution in [-0.2, 0) is 0 Å². The van der Waals surface area contributed by atoms with Crippen molar-refractivity contribution in [1.29, 1.82) is 0 Å². The van der Waals surface area contributed by atoms with E-state index in [4.69, 9.17) is 0 Å². The van der Waals surface area contributed by atoms with E-state index in [-0.39, 0.29) is 11.4 Å². The molecule has 0 radical (unpaired) electrons. The van der Waals surface area contributed by atoms with Crippen molar-refractivity contribution in [1.82, 2.24) is 15.2 Å². The third-order valence-corrected chi connectivity index (χ3v) is 1.58. The lowest BCUT2D eigenvalue weighted by Gasteiger charge is -1.90. The van der Waals surface area contributed by atoms with Gasteiger partial charge in [-0.15, -0.1) is 0 Å². The molecule has 2 rings (SSSR count). The molecule has 1 heterocycles. The van der Waals surface area contributed by atoms with Gasteiger partial charge < -0.3 is 0 Å². The van der Waals surface area contributed by atoms with Crippen molar-refractivity contribution in [3.8, 4) is 0 Å². The van der Waals surface area contributed by atoms with Gasteiger partial charge in [0, 0.05) is 12.1 Å². The molecule has 88 valence electrons. The van der Waals surface area contributed by atoms with E-state index in [2.05, 4.69) is 15.2 Å². The van der Waals surface area contributed by atoms with Gasteiger partial charge in [0.1, 0.15) is 12.7 Å². The van der Waals surface area contributed by atoms with Crippen LogP contribution in [0, 0.1) is 20.2 Å². The zero-order valence-corrected chi connectivity index (χ0v) is 8.39. The van der Waals surface area contributed by atoms with E-state index in [1.165, 1.54) is 30.9 Å². The Bertz CT molecular complexity index is 452. The van der Waals surface area contributed by atoms with Crippen LogP contribution in [0.15, 0.2) is 36.9 Å². The van der Waals surface area contributed by atoms with E-state index < -0.39 is 9.85 Å². The molecule has 0 amide bonds. The minimum atomic E-state index is -0.674. The van der Waals surface area contributed by atoms with Crippen LogP contribution in [0.25, 0.3) is 0 Å². The van der Waals surface area contributed by atoms with E-state index in [0.29, 0.717) is 0 Å². The maximum absolute atomic E-state index is 10.2. The summed E-state index contributed by atoms with van der Waals surface area (Å²) < 4.78 is 0. The van der Waals surface area contributed by atoms with Crippen LogP contribution in [0.4, 0.5) is 11.4 Å². The van der Waals surface area contributed by atoms with Crippen molar-refractivity contribution in [2.75, 3.05) is 0 Å². The zero-order chi connectivity index (χ0) is 12.7. The molecule has 1 aromatic carbocycles. The van der Waals surface area contributed by atoms with Gasteiger partial charge in [0.2, 0.25) is 0 Å². The Labute approximate surface area is 94.4 Å². The first-order valence-electron chi connectivity index (χ1n) is 4.29. The van der Waals surface area contributed by atoms with Crippen molar-refractivity contribution in [2.45, 2.75) is 0 Å². The second kappa shape index (κ2) is 5.90. The van der Waals surface area contributed by atoms with Crippen LogP contribution in [-0.4, -0.2) is 25.0 Å². The highest BCUT2D eigenvalue weighted by Gasteiger charge is 2.11. The largest absolute Gasteiger partial charge is 0.276 e. The topological polar surface area (TPSA) is 128 Å². The molecule has 9 nitrogen and oxygen atoms in total. The molecule has 1 N–H and O–H groups in total. The normalized spacial score (nSPS) is 8.94. The average Bonchev–Trinajstić information content (AvgIpc) is 2.87. The smallest absolute Gasteiger partial charge is 0.266 e. The maximum atomic E-state index is 10.2. The third kappa shape index (κ3) is 4.03. The van der Waals surface area contributed by atoms with Gasteiger partial charge in [-0.2, -0.15) is 5.10 Å². The van der Waals surface area contributed by atoms with Crippen LogP contribution < -0.4 is 0 Å². The van der Waals surface area contributed by atoms with Crippen LogP contribution in [0.2, 0.25) is 0 Å². The fraction of sp³-hybridized carbons (Fsp3) is 0. The number of aromatic nitrogens is 3. The van der Waals surface area contributed by atoms with E-state index in [0.717, 1.165) is 6.07 Å². The predicted molar refractivity (Wildman–Crippen MR) is 56.1 cm³/mol. The molecule has 0 saturated carbocycles. The predicted octanol–water partition coefficient (Wildman–Crippen LogP) is 1.31. The number of rotatable bonds is 2. The Kier molecular flexibility index (Phi) is 4.25. The highest BCUT2D eigenvalue weighted by molar-refractivity contribution is 5.42. The summed E-state index contributed by atoms with van der Waals surface area (Å²) in [5, 5.41) is 26.3. The number of nitro benzene ring substituents is 2. The summed E-state index contributed by atoms with van der Waals surface area (Å²) >= 11 is 0. The molecule has 0 aliphatic heterocycles. The van der Waals surface area contributed by atoms with Gasteiger partial charge in [0.15, 0.2) is 0 Å². The Morgan fingerprint density at radius 1 is 1.12 bits per heavy atom. The lowest BCUT2D eigenvalue weighted by molar-refractivity contribution is -0.394. The number of nitrogens with one attached hydrogen (secondary N) is 1. The molecule has 0 bridgehead atoms. The molecule has 0 spiro atoms. The lowest BCUT2D eigenvalue weighted by atomic mass is 10.3. The molecule has 0 atom stereocenters. The van der Waals surface area contributed by atoms with E-state index in [1.54, 1.807) is 0 Å². The van der Waals surface area contributed by atoms with Crippen LogP contribution in [0.1, 0.15) is 0 Å². The van der Waals surface area contributed by atoms with Crippen LogP contribution in [0.3, 0.4) is 0 Å². The molecule has 0 aliphatic rings. The van der Waals surface area contributed by atoms with Gasteiger partial charge in [-0.25, -0.2) is 4.98 Å². The summed E-state index contributed by atoms with van der Waals surface area (Å²) in [7, 11) is 0. The molecule has 0 unspecified atom stereocenters. The second-order valence-electron chi connectivity index (χ2n) is 2.69. The number of non-ortho nitro benzene ring substituents is 2. The minimum absolute atomic E-state index is 0.274. The van der Waals surface area contributed by atoms with E-state index in [1.807, 2.05) is 0 Å². The quantitative estimate of drug-likeness (QED) is 0.619. The van der Waals surface area contributed by atoms with Gasteiger partial charge in [0.25, 0.3) is 11.4 Å². The van der Waals surface area contributed by atoms with E-state index >= 15 is 0 Å². The third-order valence-electron chi connectivity index (χ3n) is 1.58. The SMILES string of the molecule is O=[N+]([O-])c1cccc([N+](=O)[O-])c1.c1nc[nH]n1. The zero-order valence-electron chi connectivity index (χ0n) is 8.39. The maximum Gasteiger partial charge on any atom is 0.276 e. The Morgan fingerprint density at radius 2 is 1.71 bits per heavy atom. The molecule has 17 heavy (non-hydrogen) atoms. The van der Waals surface area contributed by atoms with Gasteiger partial charge >= 0.3 is 0 Å². The highest BCUT2D eigenvalue weighted by Crippen LogP contribution is 2.18. The van der Waals surface area contributed by atoms with Gasteiger partial charge in [-0.05, 0) is 6.07 Å². The van der Waals surface area contributed by atoms with Gasteiger partial charge in [-0.3, -0.25) is 25.3 Å². The Balaban J connectivity index is 0.000000239. The Hall–Kier alpha value is -2.84. The summed E-state index contributed by atoms with van der Waals surface area (Å²) in [6.45, 7) is 0. The van der Waals surface area contributed by atoms with Crippen molar-refractivity contribution < 1.29 is 9.85 Å². The average molecular weight is 237 g/mol. The van der Waals surface area contributed by atoms with Crippen LogP contribution in [0.5, 0.6) is 0 Å². The standard InChI is InChI=1S/C6H4N2O4.C2H3N3/c9-7(10)5-2-1-3-6(4-5)8(11)12;1-3-2-5-4-1/h1-4H;1-2H,(H,3,4,5). The number of benzene rings is 1. The van der Waals surface area contributed by atoms with Gasteiger partial charge in [-0.1, -0.05) is 0 Å². The number of aromatic amines is 1. The first-order chi connectivity index (χ1) is 8.11. The number of hydrogen-bond donors (Lipinski definition) is 1. The number of H-pyrrole nitrogens is 1. The molecule has 0 fully saturated rings. The first-order valence-corrected chi connectivity index (χ1v) is 4.29. The monoisotopic (exact) mass is 237 g/mol. The Morgan fingerprint density at radius 3 is 2.00 bits per heavy atom. The summed E-state index contributed by atoms with van der Waals surface area (Å²) in [6, 6.07) is 4.59. The highest BCUT2D eigenvalue weighted by atomic mass is 16.6. The molecule has 0 aliphatic carbocycles. The van der Waals surface area contributed by atoms with Crippen molar-refractivity contribution in [3.05, 3.63) is 57.1 Å². The molecule has 0 saturated heterocycles. The van der Waals surface area contributed by atoms with Gasteiger partial charge in [0.05, 0.1) is 15.9 Å². The molecule has 1 aromatic heterocycles. The fourth-order valence-electron chi connectivity index (χ4n) is 0.887. The van der Waals surface area contributed by atoms with Crippen molar-refractivity contribution in [3.63, 3.8) is 0 Å². The van der Waals surface area contributed by atoms with E-state index in [9.17, 15) is 20.2 Å². The van der Waals surface area contributed by atoms with Crippen LogP contribution >= 0.6 is 0 Å². The summed E-state index contributed by atoms with van der Waals surface area (Å²) in [6.07, 6.45) is 2.96. The molecule has 2 aromatic rings. The lowest BCUT2D eigenvalue weighted by Crippen LogP contribution is -1.91. The number of nitro groups is 2. The summed E-state index contributed by atoms with van der Waals surface area (Å²) in [5.74, 6) is 0. The van der Waals surface area contributed by atoms with Crippen molar-refractivity contribution in [2.24, 2.45) is 0 Å². The molecular formula is C8H7N5O4. The fourth-order valence-corrected chi connectivity index (χ4v) is 0.887. The molecule has 9 heteroatoms. The number of hydrogen-bond acceptors (Lipinski definition) is 6. The van der Waals surface area contributed by atoms with Crippen molar-refractivity contribution >= 4 is 11.4 Å². The minimum Gasteiger partial charge on any atom is -0.266 e. The first kappa shape index (κ1) is 12.2. The second-order valence-corrected chi connectivity index (χ2v) is 2.69. The summed E-state index contributed by atoms with van der Waals surface area (Å²) in [4.78, 5) is 22.5. The summed E-state index contributed by atoms with van der Waals surface area (Å²) in [5.41, 5.74) is -0.548.